The number of aromatic nitrogens is 1. The molecule has 0 atom stereocenters. The van der Waals surface area contributed by atoms with Crippen molar-refractivity contribution in [3.05, 3.63) is 30.1 Å². The highest BCUT2D eigenvalue weighted by Gasteiger charge is 2.21. The molecule has 0 bridgehead atoms. The van der Waals surface area contributed by atoms with Crippen molar-refractivity contribution in [1.82, 2.24) is 4.98 Å². The van der Waals surface area contributed by atoms with E-state index in [4.69, 9.17) is 5.73 Å². The lowest BCUT2D eigenvalue weighted by atomic mass is 9.87. The summed E-state index contributed by atoms with van der Waals surface area (Å²) < 4.78 is 0. The van der Waals surface area contributed by atoms with Crippen LogP contribution in [0.25, 0.3) is 0 Å². The average Bonchev–Trinajstić information content (AvgIpc) is 2.18. The lowest BCUT2D eigenvalue weighted by molar-refractivity contribution is 0.412. The standard InChI is InChI=1S/C10H16N2/c1-3-10(11,4-2)9-5-7-12-8-6-9/h5-8H,3-4,11H2,1-2H3. The first-order chi connectivity index (χ1) is 5.73. The second-order valence-corrected chi connectivity index (χ2v) is 3.10. The lowest BCUT2D eigenvalue weighted by Gasteiger charge is -2.26. The highest BCUT2D eigenvalue weighted by atomic mass is 14.7. The minimum Gasteiger partial charge on any atom is -0.321 e. The van der Waals surface area contributed by atoms with E-state index in [2.05, 4.69) is 18.8 Å². The van der Waals surface area contributed by atoms with Gasteiger partial charge < -0.3 is 5.73 Å². The largest absolute Gasteiger partial charge is 0.321 e. The van der Waals surface area contributed by atoms with Crippen LogP contribution in [-0.2, 0) is 5.54 Å². The number of nitrogens with two attached hydrogens (primary N) is 1. The van der Waals surface area contributed by atoms with Crippen LogP contribution < -0.4 is 5.73 Å². The normalized spacial score (nSPS) is 11.6. The summed E-state index contributed by atoms with van der Waals surface area (Å²) >= 11 is 0. The Morgan fingerprint density at radius 3 is 2.17 bits per heavy atom. The molecular formula is C10H16N2. The molecule has 0 saturated carbocycles. The fraction of sp³-hybridized carbons (Fsp3) is 0.500. The van der Waals surface area contributed by atoms with Crippen LogP contribution in [0.1, 0.15) is 32.3 Å². The first-order valence-corrected chi connectivity index (χ1v) is 4.42. The maximum Gasteiger partial charge on any atom is 0.0405 e. The average molecular weight is 164 g/mol. The smallest absolute Gasteiger partial charge is 0.0405 e. The Morgan fingerprint density at radius 2 is 1.75 bits per heavy atom. The Labute approximate surface area is 73.8 Å². The summed E-state index contributed by atoms with van der Waals surface area (Å²) in [6.07, 6.45) is 5.52. The molecule has 0 saturated heterocycles. The maximum atomic E-state index is 6.19. The fourth-order valence-corrected chi connectivity index (χ4v) is 1.34. The molecule has 1 aromatic heterocycles. The third-order valence-electron chi connectivity index (χ3n) is 2.52. The van der Waals surface area contributed by atoms with Crippen molar-refractivity contribution < 1.29 is 0 Å². The summed E-state index contributed by atoms with van der Waals surface area (Å²) in [7, 11) is 0. The Morgan fingerprint density at radius 1 is 1.25 bits per heavy atom. The van der Waals surface area contributed by atoms with Crippen molar-refractivity contribution in [2.75, 3.05) is 0 Å². The van der Waals surface area contributed by atoms with Crippen LogP contribution in [-0.4, -0.2) is 4.98 Å². The molecular weight excluding hydrogens is 148 g/mol. The predicted octanol–water partition coefficient (Wildman–Crippen LogP) is 2.06. The van der Waals surface area contributed by atoms with Crippen molar-refractivity contribution in [2.45, 2.75) is 32.2 Å². The minimum absolute atomic E-state index is 0.164. The molecule has 0 aliphatic rings. The van der Waals surface area contributed by atoms with Gasteiger partial charge in [0.2, 0.25) is 0 Å². The number of hydrogen-bond donors (Lipinski definition) is 1. The zero-order valence-corrected chi connectivity index (χ0v) is 7.75. The number of nitrogens with zero attached hydrogens (tertiary/aromatic N) is 1. The van der Waals surface area contributed by atoms with Gasteiger partial charge in [0, 0.05) is 17.9 Å². The molecule has 1 rings (SSSR count). The second-order valence-electron chi connectivity index (χ2n) is 3.10. The van der Waals surface area contributed by atoms with Gasteiger partial charge in [-0.1, -0.05) is 13.8 Å². The summed E-state index contributed by atoms with van der Waals surface area (Å²) in [5, 5.41) is 0. The summed E-state index contributed by atoms with van der Waals surface area (Å²) in [5.41, 5.74) is 7.21. The van der Waals surface area contributed by atoms with Gasteiger partial charge >= 0.3 is 0 Å². The van der Waals surface area contributed by atoms with Gasteiger partial charge in [-0.05, 0) is 30.5 Å². The van der Waals surface area contributed by atoms with E-state index < -0.39 is 0 Å². The van der Waals surface area contributed by atoms with E-state index in [1.807, 2.05) is 12.1 Å². The monoisotopic (exact) mass is 164 g/mol. The molecule has 0 unspecified atom stereocenters. The first kappa shape index (κ1) is 9.20. The van der Waals surface area contributed by atoms with Crippen molar-refractivity contribution >= 4 is 0 Å². The highest BCUT2D eigenvalue weighted by molar-refractivity contribution is 5.20. The van der Waals surface area contributed by atoms with Crippen LogP contribution in [0.3, 0.4) is 0 Å². The van der Waals surface area contributed by atoms with E-state index in [-0.39, 0.29) is 5.54 Å². The van der Waals surface area contributed by atoms with E-state index in [9.17, 15) is 0 Å². The molecule has 66 valence electrons. The molecule has 2 N–H and O–H groups in total. The van der Waals surface area contributed by atoms with E-state index in [1.165, 1.54) is 5.56 Å². The van der Waals surface area contributed by atoms with Gasteiger partial charge in [-0.15, -0.1) is 0 Å². The first-order valence-electron chi connectivity index (χ1n) is 4.42. The lowest BCUT2D eigenvalue weighted by Crippen LogP contribution is -2.34. The highest BCUT2D eigenvalue weighted by Crippen LogP contribution is 2.24. The van der Waals surface area contributed by atoms with Crippen LogP contribution >= 0.6 is 0 Å². The molecule has 1 heterocycles. The van der Waals surface area contributed by atoms with Crippen molar-refractivity contribution in [2.24, 2.45) is 5.73 Å². The molecule has 0 spiro atoms. The number of rotatable bonds is 3. The minimum atomic E-state index is -0.164. The molecule has 1 aromatic rings. The van der Waals surface area contributed by atoms with Crippen molar-refractivity contribution in [3.8, 4) is 0 Å². The summed E-state index contributed by atoms with van der Waals surface area (Å²) in [4.78, 5) is 3.97. The molecule has 0 aliphatic heterocycles. The van der Waals surface area contributed by atoms with Crippen LogP contribution in [0, 0.1) is 0 Å². The van der Waals surface area contributed by atoms with Gasteiger partial charge in [0.15, 0.2) is 0 Å². The number of pyridine rings is 1. The molecule has 2 heteroatoms. The SMILES string of the molecule is CCC(N)(CC)c1ccncc1. The molecule has 0 radical (unpaired) electrons. The zero-order valence-electron chi connectivity index (χ0n) is 7.75. The summed E-state index contributed by atoms with van der Waals surface area (Å²) in [5.74, 6) is 0. The van der Waals surface area contributed by atoms with Gasteiger partial charge in [-0.3, -0.25) is 4.98 Å². The Bertz CT molecular complexity index is 227. The predicted molar refractivity (Wildman–Crippen MR) is 50.7 cm³/mol. The van der Waals surface area contributed by atoms with Gasteiger partial charge in [0.25, 0.3) is 0 Å². The van der Waals surface area contributed by atoms with E-state index in [1.54, 1.807) is 12.4 Å². The maximum absolute atomic E-state index is 6.19. The second kappa shape index (κ2) is 3.68. The third kappa shape index (κ3) is 1.64. The molecule has 0 amide bonds. The zero-order chi connectivity index (χ0) is 9.03. The van der Waals surface area contributed by atoms with Gasteiger partial charge in [0.1, 0.15) is 0 Å². The van der Waals surface area contributed by atoms with Crippen molar-refractivity contribution in [1.29, 1.82) is 0 Å². The number of hydrogen-bond acceptors (Lipinski definition) is 2. The van der Waals surface area contributed by atoms with Crippen molar-refractivity contribution in [3.63, 3.8) is 0 Å². The molecule has 12 heavy (non-hydrogen) atoms. The Kier molecular flexibility index (Phi) is 2.82. The van der Waals surface area contributed by atoms with E-state index >= 15 is 0 Å². The van der Waals surface area contributed by atoms with E-state index in [0.29, 0.717) is 0 Å². The molecule has 0 aliphatic carbocycles. The third-order valence-corrected chi connectivity index (χ3v) is 2.52. The fourth-order valence-electron chi connectivity index (χ4n) is 1.34. The van der Waals surface area contributed by atoms with Gasteiger partial charge in [-0.2, -0.15) is 0 Å². The summed E-state index contributed by atoms with van der Waals surface area (Å²) in [6, 6.07) is 3.99. The molecule has 0 fully saturated rings. The van der Waals surface area contributed by atoms with Crippen LogP contribution in [0.5, 0.6) is 0 Å². The van der Waals surface area contributed by atoms with E-state index in [0.717, 1.165) is 12.8 Å². The van der Waals surface area contributed by atoms with Crippen LogP contribution in [0.15, 0.2) is 24.5 Å². The summed E-state index contributed by atoms with van der Waals surface area (Å²) in [6.45, 7) is 4.23. The quantitative estimate of drug-likeness (QED) is 0.742. The Hall–Kier alpha value is -0.890. The van der Waals surface area contributed by atoms with Gasteiger partial charge in [-0.25, -0.2) is 0 Å². The van der Waals surface area contributed by atoms with Crippen LogP contribution in [0.4, 0.5) is 0 Å². The molecule has 2 nitrogen and oxygen atoms in total. The van der Waals surface area contributed by atoms with Gasteiger partial charge in [0.05, 0.1) is 0 Å². The Balaban J connectivity index is 2.95. The van der Waals surface area contributed by atoms with Crippen LogP contribution in [0.2, 0.25) is 0 Å². The topological polar surface area (TPSA) is 38.9 Å². The molecule has 0 aromatic carbocycles.